The van der Waals surface area contributed by atoms with Crippen molar-refractivity contribution in [2.45, 2.75) is 31.6 Å². The van der Waals surface area contributed by atoms with Crippen LogP contribution in [0.3, 0.4) is 0 Å². The number of pyridine rings is 1. The Morgan fingerprint density at radius 3 is 2.47 bits per heavy atom. The average molecular weight is 241 g/mol. The van der Waals surface area contributed by atoms with Crippen molar-refractivity contribution in [3.05, 3.63) is 29.6 Å². The van der Waals surface area contributed by atoms with Crippen LogP contribution in [-0.4, -0.2) is 16.1 Å². The number of halogens is 2. The van der Waals surface area contributed by atoms with Crippen molar-refractivity contribution in [3.63, 3.8) is 0 Å². The summed E-state index contributed by atoms with van der Waals surface area (Å²) in [4.78, 5) is 14.5. The Balaban J connectivity index is 2.08. The predicted molar refractivity (Wildman–Crippen MR) is 56.5 cm³/mol. The largest absolute Gasteiger partial charge is 0.481 e. The van der Waals surface area contributed by atoms with E-state index in [2.05, 4.69) is 4.98 Å². The van der Waals surface area contributed by atoms with Gasteiger partial charge in [0.15, 0.2) is 0 Å². The molecule has 0 aromatic carbocycles. The summed E-state index contributed by atoms with van der Waals surface area (Å²) in [6, 6.07) is 0.825. The first-order valence-electron chi connectivity index (χ1n) is 5.61. The van der Waals surface area contributed by atoms with Crippen LogP contribution in [0.2, 0.25) is 0 Å². The molecule has 1 aliphatic rings. The number of hydrogen-bond donors (Lipinski definition) is 1. The topological polar surface area (TPSA) is 50.2 Å². The van der Waals surface area contributed by atoms with Gasteiger partial charge in [-0.3, -0.25) is 9.78 Å². The van der Waals surface area contributed by atoms with Crippen LogP contribution in [0, 0.1) is 17.6 Å². The highest BCUT2D eigenvalue weighted by Gasteiger charge is 2.28. The van der Waals surface area contributed by atoms with E-state index in [4.69, 9.17) is 5.11 Å². The van der Waals surface area contributed by atoms with Gasteiger partial charge in [-0.25, -0.2) is 8.78 Å². The summed E-state index contributed by atoms with van der Waals surface area (Å²) < 4.78 is 26.2. The van der Waals surface area contributed by atoms with Crippen LogP contribution >= 0.6 is 0 Å². The molecular formula is C12H13F2NO2. The Bertz CT molecular complexity index is 429. The van der Waals surface area contributed by atoms with Crippen LogP contribution in [0.1, 0.15) is 37.3 Å². The molecule has 1 fully saturated rings. The molecule has 0 saturated heterocycles. The molecule has 0 atom stereocenters. The molecule has 0 amide bonds. The van der Waals surface area contributed by atoms with Crippen molar-refractivity contribution in [1.82, 2.24) is 4.98 Å². The van der Waals surface area contributed by atoms with Crippen LogP contribution < -0.4 is 0 Å². The van der Waals surface area contributed by atoms with Gasteiger partial charge < -0.3 is 5.11 Å². The van der Waals surface area contributed by atoms with E-state index in [-0.39, 0.29) is 17.5 Å². The second-order valence-electron chi connectivity index (χ2n) is 4.41. The molecule has 2 rings (SSSR count). The first kappa shape index (κ1) is 12.0. The fraction of sp³-hybridized carbons (Fsp3) is 0.500. The van der Waals surface area contributed by atoms with Crippen LogP contribution in [0.25, 0.3) is 0 Å². The van der Waals surface area contributed by atoms with E-state index in [1.54, 1.807) is 0 Å². The summed E-state index contributed by atoms with van der Waals surface area (Å²) in [6.07, 6.45) is 3.23. The maximum absolute atomic E-state index is 13.5. The molecule has 0 aliphatic heterocycles. The Labute approximate surface area is 97.5 Å². The fourth-order valence-corrected chi connectivity index (χ4v) is 2.34. The predicted octanol–water partition coefficient (Wildman–Crippen LogP) is 2.72. The van der Waals surface area contributed by atoms with Gasteiger partial charge in [-0.05, 0) is 25.7 Å². The number of rotatable bonds is 2. The molecule has 5 heteroatoms. The van der Waals surface area contributed by atoms with Gasteiger partial charge in [0, 0.05) is 12.0 Å². The van der Waals surface area contributed by atoms with Crippen molar-refractivity contribution < 1.29 is 18.7 Å². The lowest BCUT2D eigenvalue weighted by Gasteiger charge is -2.25. The van der Waals surface area contributed by atoms with Crippen molar-refractivity contribution in [2.75, 3.05) is 0 Å². The lowest BCUT2D eigenvalue weighted by atomic mass is 9.80. The third kappa shape index (κ3) is 2.60. The van der Waals surface area contributed by atoms with E-state index in [1.807, 2.05) is 0 Å². The molecule has 0 spiro atoms. The third-order valence-electron chi connectivity index (χ3n) is 3.30. The standard InChI is InChI=1S/C12H13F2NO2/c13-9-5-10(14)11(15-6-9)7-1-3-8(4-2-7)12(16)17/h5-8H,1-4H2,(H,16,17). The highest BCUT2D eigenvalue weighted by Crippen LogP contribution is 2.35. The smallest absolute Gasteiger partial charge is 0.306 e. The van der Waals surface area contributed by atoms with Crippen molar-refractivity contribution in [1.29, 1.82) is 0 Å². The molecule has 1 heterocycles. The first-order chi connectivity index (χ1) is 8.08. The number of nitrogens with zero attached hydrogens (tertiary/aromatic N) is 1. The lowest BCUT2D eigenvalue weighted by molar-refractivity contribution is -0.142. The van der Waals surface area contributed by atoms with E-state index >= 15 is 0 Å². The van der Waals surface area contributed by atoms with Gasteiger partial charge in [-0.15, -0.1) is 0 Å². The molecule has 1 aliphatic carbocycles. The molecule has 1 saturated carbocycles. The molecule has 17 heavy (non-hydrogen) atoms. The maximum atomic E-state index is 13.5. The number of carboxylic acids is 1. The van der Waals surface area contributed by atoms with Crippen molar-refractivity contribution in [3.8, 4) is 0 Å². The van der Waals surface area contributed by atoms with Gasteiger partial charge in [-0.2, -0.15) is 0 Å². The summed E-state index contributed by atoms with van der Waals surface area (Å²) in [5.41, 5.74) is 0.259. The lowest BCUT2D eigenvalue weighted by Crippen LogP contribution is -2.21. The van der Waals surface area contributed by atoms with E-state index in [0.29, 0.717) is 25.7 Å². The molecule has 3 nitrogen and oxygen atoms in total. The van der Waals surface area contributed by atoms with Crippen LogP contribution in [-0.2, 0) is 4.79 Å². The zero-order valence-electron chi connectivity index (χ0n) is 9.20. The third-order valence-corrected chi connectivity index (χ3v) is 3.30. The zero-order chi connectivity index (χ0) is 12.4. The van der Waals surface area contributed by atoms with E-state index in [9.17, 15) is 13.6 Å². The van der Waals surface area contributed by atoms with Crippen molar-refractivity contribution >= 4 is 5.97 Å². The Kier molecular flexibility index (Phi) is 3.36. The molecule has 1 N–H and O–H groups in total. The zero-order valence-corrected chi connectivity index (χ0v) is 9.20. The summed E-state index contributed by atoms with van der Waals surface area (Å²) in [5.74, 6) is -2.55. The van der Waals surface area contributed by atoms with Crippen LogP contribution in [0.4, 0.5) is 8.78 Å². The average Bonchev–Trinajstić information content (AvgIpc) is 2.29. The van der Waals surface area contributed by atoms with Crippen LogP contribution in [0.15, 0.2) is 12.3 Å². The van der Waals surface area contributed by atoms with Gasteiger partial charge in [0.2, 0.25) is 0 Å². The molecule has 1 aromatic rings. The van der Waals surface area contributed by atoms with Gasteiger partial charge in [0.05, 0.1) is 17.8 Å². The molecule has 92 valence electrons. The normalized spacial score (nSPS) is 24.6. The van der Waals surface area contributed by atoms with Gasteiger partial charge >= 0.3 is 5.97 Å². The SMILES string of the molecule is O=C(O)C1CCC(c2ncc(F)cc2F)CC1. The second kappa shape index (κ2) is 4.77. The Morgan fingerprint density at radius 2 is 1.94 bits per heavy atom. The number of carbonyl (C=O) groups is 1. The number of carboxylic acid groups (broad SMARTS) is 1. The first-order valence-corrected chi connectivity index (χ1v) is 5.61. The van der Waals surface area contributed by atoms with Gasteiger partial charge in [0.25, 0.3) is 0 Å². The van der Waals surface area contributed by atoms with Crippen LogP contribution in [0.5, 0.6) is 0 Å². The molecule has 0 bridgehead atoms. The van der Waals surface area contributed by atoms with Gasteiger partial charge in [-0.1, -0.05) is 0 Å². The highest BCUT2D eigenvalue weighted by molar-refractivity contribution is 5.70. The summed E-state index contributed by atoms with van der Waals surface area (Å²) in [7, 11) is 0. The van der Waals surface area contributed by atoms with E-state index in [1.165, 1.54) is 0 Å². The van der Waals surface area contributed by atoms with Crippen molar-refractivity contribution in [2.24, 2.45) is 5.92 Å². The Hall–Kier alpha value is -1.52. The number of aromatic nitrogens is 1. The number of aliphatic carboxylic acids is 1. The monoisotopic (exact) mass is 241 g/mol. The van der Waals surface area contributed by atoms with Gasteiger partial charge in [0.1, 0.15) is 11.6 Å². The molecule has 0 unspecified atom stereocenters. The maximum Gasteiger partial charge on any atom is 0.306 e. The molecule has 0 radical (unpaired) electrons. The van der Waals surface area contributed by atoms with E-state index in [0.717, 1.165) is 12.3 Å². The quantitative estimate of drug-likeness (QED) is 0.866. The minimum atomic E-state index is -0.795. The summed E-state index contributed by atoms with van der Waals surface area (Å²) in [6.45, 7) is 0. The minimum Gasteiger partial charge on any atom is -0.481 e. The highest BCUT2D eigenvalue weighted by atomic mass is 19.1. The van der Waals surface area contributed by atoms with E-state index < -0.39 is 17.6 Å². The molecule has 1 aromatic heterocycles. The Morgan fingerprint density at radius 1 is 1.29 bits per heavy atom. The second-order valence-corrected chi connectivity index (χ2v) is 4.41. The summed E-state index contributed by atoms with van der Waals surface area (Å²) in [5, 5.41) is 8.85. The number of hydrogen-bond acceptors (Lipinski definition) is 2. The fourth-order valence-electron chi connectivity index (χ4n) is 2.34. The minimum absolute atomic E-state index is 0.0915. The summed E-state index contributed by atoms with van der Waals surface area (Å²) >= 11 is 0. The molecular weight excluding hydrogens is 228 g/mol.